The third-order valence-electron chi connectivity index (χ3n) is 9.48. The van der Waals surface area contributed by atoms with Gasteiger partial charge in [-0.15, -0.1) is 0 Å². The number of carbonyl (C=O) groups is 4. The van der Waals surface area contributed by atoms with Crippen LogP contribution in [-0.4, -0.2) is 71.7 Å². The highest BCUT2D eigenvalue weighted by Crippen LogP contribution is 2.66. The van der Waals surface area contributed by atoms with Gasteiger partial charge in [0.15, 0.2) is 0 Å². The number of halogens is 1. The van der Waals surface area contributed by atoms with E-state index >= 15 is 0 Å². The molecule has 0 radical (unpaired) electrons. The Morgan fingerprint density at radius 3 is 2.44 bits per heavy atom. The molecule has 11 atom stereocenters. The van der Waals surface area contributed by atoms with E-state index in [1.54, 1.807) is 0 Å². The van der Waals surface area contributed by atoms with E-state index in [9.17, 15) is 28.8 Å². The van der Waals surface area contributed by atoms with Crippen LogP contribution in [0, 0.1) is 52.3 Å². The van der Waals surface area contributed by atoms with Crippen LogP contribution in [0.2, 0.25) is 0 Å². The van der Waals surface area contributed by atoms with Crippen LogP contribution >= 0.6 is 0 Å². The van der Waals surface area contributed by atoms with Crippen molar-refractivity contribution in [2.45, 2.75) is 96.7 Å². The van der Waals surface area contributed by atoms with Gasteiger partial charge >= 0.3 is 6.09 Å². The number of fused-ring (bicyclic) bond motifs is 3. The molecule has 3 unspecified atom stereocenters. The molecule has 214 valence electrons. The molecule has 0 aromatic heterocycles. The lowest BCUT2D eigenvalue weighted by Crippen LogP contribution is -2.59. The van der Waals surface area contributed by atoms with Gasteiger partial charge in [0.25, 0.3) is 0 Å². The van der Waals surface area contributed by atoms with E-state index in [0.717, 1.165) is 12.8 Å². The van der Waals surface area contributed by atoms with Crippen LogP contribution in [-0.2, 0) is 19.1 Å². The van der Waals surface area contributed by atoms with E-state index in [4.69, 9.17) is 4.74 Å². The summed E-state index contributed by atoms with van der Waals surface area (Å²) in [7, 11) is 0. The van der Waals surface area contributed by atoms with E-state index in [-0.39, 0.29) is 66.5 Å². The largest absolute Gasteiger partial charge is 0.446 e. The normalized spacial score (nSPS) is 38.1. The molecule has 11 heteroatoms. The van der Waals surface area contributed by atoms with Gasteiger partial charge in [0.1, 0.15) is 30.4 Å². The average molecular weight is 546 g/mol. The van der Waals surface area contributed by atoms with Crippen molar-refractivity contribution in [3.05, 3.63) is 0 Å². The maximum atomic E-state index is 14.8. The third-order valence-corrected chi connectivity index (χ3v) is 9.48. The molecule has 2 saturated heterocycles. The van der Waals surface area contributed by atoms with Crippen LogP contribution in [0.4, 0.5) is 9.18 Å². The van der Waals surface area contributed by atoms with Gasteiger partial charge in [-0.2, -0.15) is 5.26 Å². The molecular weight excluding hydrogens is 505 g/mol. The SMILES string of the molecule is CC1C[C@@H](C[C@@H](C#N)NC(=O)[C@@H]2[C@@H]3[C@H](CN2C(=O)C(NC(=O)OC2CC2)C(C)(C)C)[C@@H](C)C2[C@@H]3[C@@H]2F)C(=O)N1. The van der Waals surface area contributed by atoms with Crippen LogP contribution in [0.25, 0.3) is 0 Å². The topological polar surface area (TPSA) is 141 Å². The van der Waals surface area contributed by atoms with Gasteiger partial charge in [-0.1, -0.05) is 27.7 Å². The fraction of sp³-hybridized carbons (Fsp3) is 0.821. The molecule has 0 aromatic carbocycles. The molecule has 0 aromatic rings. The predicted octanol–water partition coefficient (Wildman–Crippen LogP) is 1.89. The second-order valence-electron chi connectivity index (χ2n) is 13.5. The number of likely N-dealkylation sites (tertiary alicyclic amines) is 1. The molecular formula is C28H40FN5O5. The van der Waals surface area contributed by atoms with Crippen LogP contribution in [0.3, 0.4) is 0 Å². The molecule has 5 aliphatic rings. The minimum atomic E-state index is -1.01. The zero-order chi connectivity index (χ0) is 28.4. The monoisotopic (exact) mass is 545 g/mol. The van der Waals surface area contributed by atoms with Crippen molar-refractivity contribution in [1.82, 2.24) is 20.9 Å². The average Bonchev–Trinajstić information content (AvgIpc) is 3.67. The predicted molar refractivity (Wildman–Crippen MR) is 137 cm³/mol. The van der Waals surface area contributed by atoms with Gasteiger partial charge in [0.2, 0.25) is 17.7 Å². The molecule has 2 heterocycles. The molecule has 3 N–H and O–H groups in total. The number of nitriles is 1. The standard InChI is InChI=1S/C28H40FN5O5/c1-12-8-14(24(35)31-12)9-15(10-30)32-25(36)22-19-17(13(2)18-20(19)21(18)29)11-34(22)26(37)23(28(3,4)5)33-27(38)39-16-6-7-16/h12-23H,6-9,11H2,1-5H3,(H,31,35)(H,32,36)(H,33,38)/t12?,13-,14+,15+,17-,18?,19-,20+,21-,22+,23?/m1/s1. The quantitative estimate of drug-likeness (QED) is 0.446. The van der Waals surface area contributed by atoms with Gasteiger partial charge < -0.3 is 25.6 Å². The smallest absolute Gasteiger partial charge is 0.408 e. The lowest BCUT2D eigenvalue weighted by Gasteiger charge is -2.36. The first kappa shape index (κ1) is 27.7. The third kappa shape index (κ3) is 5.19. The van der Waals surface area contributed by atoms with Crippen LogP contribution < -0.4 is 16.0 Å². The second-order valence-corrected chi connectivity index (χ2v) is 13.5. The van der Waals surface area contributed by atoms with Gasteiger partial charge in [-0.25, -0.2) is 9.18 Å². The van der Waals surface area contributed by atoms with E-state index in [0.29, 0.717) is 6.42 Å². The summed E-state index contributed by atoms with van der Waals surface area (Å²) in [5.74, 6) is -2.27. The van der Waals surface area contributed by atoms with Gasteiger partial charge in [-0.3, -0.25) is 14.4 Å². The molecule has 0 spiro atoms. The summed E-state index contributed by atoms with van der Waals surface area (Å²) in [4.78, 5) is 54.2. The van der Waals surface area contributed by atoms with Crippen molar-refractivity contribution in [3.8, 4) is 6.07 Å². The number of nitrogens with one attached hydrogen (secondary N) is 3. The van der Waals surface area contributed by atoms with Crippen LogP contribution in [0.5, 0.6) is 0 Å². The maximum Gasteiger partial charge on any atom is 0.408 e. The molecule has 4 amide bonds. The minimum absolute atomic E-state index is 0.00273. The lowest BCUT2D eigenvalue weighted by atomic mass is 9.84. The number of amides is 4. The molecule has 3 aliphatic carbocycles. The highest BCUT2D eigenvalue weighted by molar-refractivity contribution is 5.93. The fourth-order valence-corrected chi connectivity index (χ4v) is 7.32. The lowest BCUT2D eigenvalue weighted by molar-refractivity contribution is -0.143. The molecule has 0 bridgehead atoms. The summed E-state index contributed by atoms with van der Waals surface area (Å²) in [5, 5.41) is 18.2. The number of carbonyl (C=O) groups excluding carboxylic acids is 4. The second kappa shape index (κ2) is 9.93. The molecule has 5 fully saturated rings. The van der Waals surface area contributed by atoms with Gasteiger partial charge in [0.05, 0.1) is 6.07 Å². The summed E-state index contributed by atoms with van der Waals surface area (Å²) in [6.45, 7) is 9.64. The maximum absolute atomic E-state index is 14.8. The van der Waals surface area contributed by atoms with Crippen LogP contribution in [0.15, 0.2) is 0 Å². The van der Waals surface area contributed by atoms with Crippen molar-refractivity contribution < 1.29 is 28.3 Å². The van der Waals surface area contributed by atoms with Gasteiger partial charge in [-0.05, 0) is 61.7 Å². The van der Waals surface area contributed by atoms with Crippen molar-refractivity contribution in [2.75, 3.05) is 6.54 Å². The zero-order valence-electron chi connectivity index (χ0n) is 23.3. The first-order chi connectivity index (χ1) is 18.3. The van der Waals surface area contributed by atoms with Crippen molar-refractivity contribution >= 4 is 23.8 Å². The Balaban J connectivity index is 1.37. The first-order valence-electron chi connectivity index (χ1n) is 14.2. The van der Waals surface area contributed by atoms with Crippen molar-refractivity contribution in [1.29, 1.82) is 5.26 Å². The number of nitrogens with zero attached hydrogens (tertiary/aromatic N) is 2. The Morgan fingerprint density at radius 2 is 1.87 bits per heavy atom. The summed E-state index contributed by atoms with van der Waals surface area (Å²) in [5.41, 5.74) is -0.684. The number of alkyl carbamates (subject to hydrolysis) is 1. The van der Waals surface area contributed by atoms with Crippen LogP contribution in [0.1, 0.15) is 60.3 Å². The zero-order valence-corrected chi connectivity index (χ0v) is 23.3. The number of alkyl halides is 1. The molecule has 39 heavy (non-hydrogen) atoms. The van der Waals surface area contributed by atoms with Crippen molar-refractivity contribution in [3.63, 3.8) is 0 Å². The Kier molecular flexibility index (Phi) is 7.04. The van der Waals surface area contributed by atoms with Gasteiger partial charge in [0, 0.05) is 24.4 Å². The van der Waals surface area contributed by atoms with E-state index < -0.39 is 47.6 Å². The highest BCUT2D eigenvalue weighted by Gasteiger charge is 2.72. The fourth-order valence-electron chi connectivity index (χ4n) is 7.32. The van der Waals surface area contributed by atoms with E-state index in [2.05, 4.69) is 22.0 Å². The number of ether oxygens (including phenoxy) is 1. The van der Waals surface area contributed by atoms with E-state index in [1.165, 1.54) is 4.90 Å². The summed E-state index contributed by atoms with van der Waals surface area (Å²) >= 11 is 0. The Morgan fingerprint density at radius 1 is 1.18 bits per heavy atom. The van der Waals surface area contributed by atoms with E-state index in [1.807, 2.05) is 34.6 Å². The Hall–Kier alpha value is -2.90. The Bertz CT molecular complexity index is 1080. The number of hydrogen-bond acceptors (Lipinski definition) is 6. The van der Waals surface area contributed by atoms with Crippen molar-refractivity contribution in [2.24, 2.45) is 40.9 Å². The highest BCUT2D eigenvalue weighted by atomic mass is 19.1. The summed E-state index contributed by atoms with van der Waals surface area (Å²) < 4.78 is 20.1. The summed E-state index contributed by atoms with van der Waals surface area (Å²) in [6, 6.07) is -0.741. The Labute approximate surface area is 228 Å². The number of hydrogen-bond donors (Lipinski definition) is 3. The molecule has 10 nitrogen and oxygen atoms in total. The molecule has 2 aliphatic heterocycles. The number of rotatable bonds is 7. The molecule has 3 saturated carbocycles. The summed E-state index contributed by atoms with van der Waals surface area (Å²) in [6.07, 6.45) is 0.531. The molecule has 5 rings (SSSR count). The minimum Gasteiger partial charge on any atom is -0.446 e. The first-order valence-corrected chi connectivity index (χ1v) is 14.2.